The van der Waals surface area contributed by atoms with Crippen molar-refractivity contribution in [2.24, 2.45) is 5.84 Å². The molecule has 1 heterocycles. The molecule has 2 aromatic rings. The van der Waals surface area contributed by atoms with Gasteiger partial charge in [-0.3, -0.25) is 10.2 Å². The van der Waals surface area contributed by atoms with E-state index in [9.17, 15) is 9.18 Å². The highest BCUT2D eigenvalue weighted by molar-refractivity contribution is 7.14. The summed E-state index contributed by atoms with van der Waals surface area (Å²) in [6.45, 7) is 2.23. The van der Waals surface area contributed by atoms with Crippen LogP contribution in [0.25, 0.3) is 0 Å². The van der Waals surface area contributed by atoms with Gasteiger partial charge in [0.2, 0.25) is 0 Å². The van der Waals surface area contributed by atoms with Crippen LogP contribution in [-0.2, 0) is 6.61 Å². The summed E-state index contributed by atoms with van der Waals surface area (Å²) < 4.78 is 18.3. The van der Waals surface area contributed by atoms with E-state index in [1.165, 1.54) is 23.5 Å². The predicted molar refractivity (Wildman–Crippen MR) is 71.4 cm³/mol. The maximum absolute atomic E-state index is 12.7. The van der Waals surface area contributed by atoms with Crippen molar-refractivity contribution in [1.82, 2.24) is 5.43 Å². The lowest BCUT2D eigenvalue weighted by Crippen LogP contribution is -2.29. The van der Waals surface area contributed by atoms with Gasteiger partial charge >= 0.3 is 0 Å². The van der Waals surface area contributed by atoms with Crippen LogP contribution in [0.4, 0.5) is 4.39 Å². The minimum absolute atomic E-state index is 0.305. The topological polar surface area (TPSA) is 64.4 Å². The highest BCUT2D eigenvalue weighted by atomic mass is 32.1. The van der Waals surface area contributed by atoms with Gasteiger partial charge in [0, 0.05) is 10.4 Å². The van der Waals surface area contributed by atoms with E-state index in [0.29, 0.717) is 17.2 Å². The zero-order chi connectivity index (χ0) is 13.8. The summed E-state index contributed by atoms with van der Waals surface area (Å²) in [7, 11) is 0. The molecular weight excluding hydrogens is 267 g/mol. The van der Waals surface area contributed by atoms with Crippen molar-refractivity contribution in [3.63, 3.8) is 0 Å². The van der Waals surface area contributed by atoms with Crippen molar-refractivity contribution in [2.45, 2.75) is 13.5 Å². The summed E-state index contributed by atoms with van der Waals surface area (Å²) in [4.78, 5) is 12.9. The highest BCUT2D eigenvalue weighted by Gasteiger charge is 2.11. The fourth-order valence-corrected chi connectivity index (χ4v) is 2.47. The van der Waals surface area contributed by atoms with Crippen molar-refractivity contribution in [3.05, 3.63) is 51.5 Å². The highest BCUT2D eigenvalue weighted by Crippen LogP contribution is 2.23. The Labute approximate surface area is 114 Å². The van der Waals surface area contributed by atoms with Crippen LogP contribution in [0, 0.1) is 12.7 Å². The Hall–Kier alpha value is -1.92. The number of benzene rings is 1. The van der Waals surface area contributed by atoms with Crippen LogP contribution in [0.2, 0.25) is 0 Å². The van der Waals surface area contributed by atoms with E-state index in [-0.39, 0.29) is 11.7 Å². The molecule has 1 aromatic heterocycles. The van der Waals surface area contributed by atoms with E-state index >= 15 is 0 Å². The maximum atomic E-state index is 12.7. The number of ether oxygens (including phenoxy) is 1. The maximum Gasteiger partial charge on any atom is 0.275 e. The molecule has 2 rings (SSSR count). The fourth-order valence-electron chi connectivity index (χ4n) is 1.54. The van der Waals surface area contributed by atoms with Gasteiger partial charge in [0.15, 0.2) is 0 Å². The molecule has 100 valence electrons. The van der Waals surface area contributed by atoms with Crippen molar-refractivity contribution in [2.75, 3.05) is 0 Å². The number of amides is 1. The Kier molecular flexibility index (Phi) is 4.13. The Balaban J connectivity index is 2.05. The van der Waals surface area contributed by atoms with E-state index < -0.39 is 0 Å². The van der Waals surface area contributed by atoms with Crippen molar-refractivity contribution in [3.8, 4) is 5.75 Å². The largest absolute Gasteiger partial charge is 0.489 e. The Morgan fingerprint density at radius 1 is 1.42 bits per heavy atom. The van der Waals surface area contributed by atoms with Crippen LogP contribution in [0.15, 0.2) is 30.3 Å². The second kappa shape index (κ2) is 5.81. The minimum atomic E-state index is -0.318. The average Bonchev–Trinajstić information content (AvgIpc) is 2.79. The summed E-state index contributed by atoms with van der Waals surface area (Å²) in [5.41, 5.74) is 3.00. The molecule has 0 spiro atoms. The molecule has 0 aliphatic rings. The van der Waals surface area contributed by atoms with Gasteiger partial charge < -0.3 is 4.74 Å². The lowest BCUT2D eigenvalue weighted by Gasteiger charge is -2.05. The van der Waals surface area contributed by atoms with Gasteiger partial charge in [-0.1, -0.05) is 0 Å². The fraction of sp³-hybridized carbons (Fsp3) is 0.154. The molecule has 0 radical (unpaired) electrons. The molecule has 1 amide bonds. The first-order valence-electron chi connectivity index (χ1n) is 5.59. The molecule has 0 saturated heterocycles. The number of nitrogens with one attached hydrogen (secondary N) is 1. The number of aryl methyl sites for hydroxylation is 1. The average molecular weight is 280 g/mol. The quantitative estimate of drug-likeness (QED) is 0.513. The summed E-state index contributed by atoms with van der Waals surface area (Å²) in [5, 5.41) is 0. The van der Waals surface area contributed by atoms with Crippen LogP contribution < -0.4 is 16.0 Å². The van der Waals surface area contributed by atoms with Gasteiger partial charge in [-0.15, -0.1) is 11.3 Å². The van der Waals surface area contributed by atoms with Gasteiger partial charge in [-0.05, 0) is 37.3 Å². The second-order valence-electron chi connectivity index (χ2n) is 3.91. The number of carbonyl (C=O) groups is 1. The van der Waals surface area contributed by atoms with Gasteiger partial charge in [0.25, 0.3) is 5.91 Å². The van der Waals surface area contributed by atoms with Gasteiger partial charge in [-0.25, -0.2) is 10.2 Å². The third-order valence-corrected chi connectivity index (χ3v) is 3.67. The SMILES string of the molecule is Cc1sc(C(=O)NN)cc1COc1ccc(F)cc1. The zero-order valence-electron chi connectivity index (χ0n) is 10.3. The molecular formula is C13H13FN2O2S. The Bertz CT molecular complexity index is 581. The molecule has 0 aliphatic heterocycles. The normalized spacial score (nSPS) is 10.3. The van der Waals surface area contributed by atoms with Crippen molar-refractivity contribution >= 4 is 17.2 Å². The number of halogens is 1. The molecule has 4 nitrogen and oxygen atoms in total. The number of nitrogen functional groups attached to an aromatic ring is 1. The van der Waals surface area contributed by atoms with Gasteiger partial charge in [0.1, 0.15) is 18.2 Å². The lowest BCUT2D eigenvalue weighted by molar-refractivity contribution is 0.0957. The third-order valence-electron chi connectivity index (χ3n) is 2.58. The molecule has 0 fully saturated rings. The Morgan fingerprint density at radius 2 is 2.11 bits per heavy atom. The van der Waals surface area contributed by atoms with Gasteiger partial charge in [0.05, 0.1) is 4.88 Å². The van der Waals surface area contributed by atoms with E-state index in [1.54, 1.807) is 18.2 Å². The van der Waals surface area contributed by atoms with Crippen LogP contribution in [0.1, 0.15) is 20.1 Å². The number of thiophene rings is 1. The first-order chi connectivity index (χ1) is 9.10. The smallest absolute Gasteiger partial charge is 0.275 e. The van der Waals surface area contributed by atoms with E-state index in [0.717, 1.165) is 10.4 Å². The molecule has 1 aromatic carbocycles. The zero-order valence-corrected chi connectivity index (χ0v) is 11.1. The number of hydrogen-bond donors (Lipinski definition) is 2. The Morgan fingerprint density at radius 3 is 2.74 bits per heavy atom. The molecule has 0 unspecified atom stereocenters. The van der Waals surface area contributed by atoms with Crippen molar-refractivity contribution in [1.29, 1.82) is 0 Å². The van der Waals surface area contributed by atoms with Crippen LogP contribution >= 0.6 is 11.3 Å². The first kappa shape index (κ1) is 13.5. The standard InChI is InChI=1S/C13H13FN2O2S/c1-8-9(6-12(19-8)13(17)16-15)7-18-11-4-2-10(14)3-5-11/h2-6H,7,15H2,1H3,(H,16,17). The molecule has 0 atom stereocenters. The van der Waals surface area contributed by atoms with Crippen LogP contribution in [-0.4, -0.2) is 5.91 Å². The lowest BCUT2D eigenvalue weighted by atomic mass is 10.2. The second-order valence-corrected chi connectivity index (χ2v) is 5.16. The first-order valence-corrected chi connectivity index (χ1v) is 6.40. The molecule has 0 saturated carbocycles. The number of hydrogen-bond acceptors (Lipinski definition) is 4. The summed E-state index contributed by atoms with van der Waals surface area (Å²) in [5.74, 6) is 5.04. The van der Waals surface area contributed by atoms with Crippen LogP contribution in [0.5, 0.6) is 5.75 Å². The number of rotatable bonds is 4. The number of hydrazine groups is 1. The summed E-state index contributed by atoms with van der Waals surface area (Å²) >= 11 is 1.35. The number of nitrogens with two attached hydrogens (primary N) is 1. The monoisotopic (exact) mass is 280 g/mol. The van der Waals surface area contributed by atoms with Crippen LogP contribution in [0.3, 0.4) is 0 Å². The molecule has 19 heavy (non-hydrogen) atoms. The third kappa shape index (κ3) is 3.30. The van der Waals surface area contributed by atoms with E-state index in [2.05, 4.69) is 5.43 Å². The molecule has 0 aliphatic carbocycles. The minimum Gasteiger partial charge on any atom is -0.489 e. The van der Waals surface area contributed by atoms with E-state index in [4.69, 9.17) is 10.6 Å². The molecule has 6 heteroatoms. The van der Waals surface area contributed by atoms with E-state index in [1.807, 2.05) is 6.92 Å². The van der Waals surface area contributed by atoms with Gasteiger partial charge in [-0.2, -0.15) is 0 Å². The predicted octanol–water partition coefficient (Wildman–Crippen LogP) is 2.38. The molecule has 0 bridgehead atoms. The van der Waals surface area contributed by atoms with Crippen molar-refractivity contribution < 1.29 is 13.9 Å². The molecule has 3 N–H and O–H groups in total. The summed E-state index contributed by atoms with van der Waals surface area (Å²) in [6, 6.07) is 7.53. The summed E-state index contributed by atoms with van der Waals surface area (Å²) in [6.07, 6.45) is 0. The number of carbonyl (C=O) groups excluding carboxylic acids is 1.